The number of nitrogen functional groups attached to an aromatic ring is 1. The Hall–Kier alpha value is -0.600. The highest BCUT2D eigenvalue weighted by Gasteiger charge is 1.98. The van der Waals surface area contributed by atoms with Gasteiger partial charge in [-0.3, -0.25) is 0 Å². The maximum atomic E-state index is 5.64. The summed E-state index contributed by atoms with van der Waals surface area (Å²) in [5, 5.41) is 0. The Morgan fingerprint density at radius 3 is 2.08 bits per heavy atom. The third-order valence-corrected chi connectivity index (χ3v) is 1.71. The van der Waals surface area contributed by atoms with Crippen LogP contribution in [0.2, 0.25) is 0 Å². The van der Waals surface area contributed by atoms with Crippen molar-refractivity contribution >= 4 is 11.4 Å². The highest BCUT2D eigenvalue weighted by atomic mass is 35.5. The van der Waals surface area contributed by atoms with Gasteiger partial charge in [-0.15, -0.1) is 0 Å². The zero-order valence-electron chi connectivity index (χ0n) is 8.01. The molecule has 0 heterocycles. The third kappa shape index (κ3) is 3.75. The minimum atomic E-state index is 0. The van der Waals surface area contributed by atoms with Gasteiger partial charge in [0.1, 0.15) is 0 Å². The van der Waals surface area contributed by atoms with Crippen LogP contribution in [-0.2, 0) is 0 Å². The van der Waals surface area contributed by atoms with E-state index in [-0.39, 0.29) is 24.8 Å². The van der Waals surface area contributed by atoms with E-state index in [2.05, 4.69) is 11.8 Å². The van der Waals surface area contributed by atoms with Crippen LogP contribution in [0.4, 0.5) is 11.4 Å². The SMILES string of the molecule is Cc1ccc(N)cc1N(C)C.[Cl-].[Cl-]. The molecule has 1 aromatic rings. The summed E-state index contributed by atoms with van der Waals surface area (Å²) in [5.41, 5.74) is 8.90. The average molecular weight is 221 g/mol. The van der Waals surface area contributed by atoms with E-state index >= 15 is 0 Å². The lowest BCUT2D eigenvalue weighted by Gasteiger charge is -2.15. The maximum absolute atomic E-state index is 5.64. The number of hydrogen-bond donors (Lipinski definition) is 1. The van der Waals surface area contributed by atoms with Crippen molar-refractivity contribution in [2.45, 2.75) is 6.92 Å². The molecule has 2 nitrogen and oxygen atoms in total. The smallest absolute Gasteiger partial charge is 0.0411 e. The lowest BCUT2D eigenvalue weighted by atomic mass is 10.2. The highest BCUT2D eigenvalue weighted by molar-refractivity contribution is 5.59. The van der Waals surface area contributed by atoms with E-state index < -0.39 is 0 Å². The van der Waals surface area contributed by atoms with Gasteiger partial charge in [-0.1, -0.05) is 6.07 Å². The molecule has 0 aliphatic rings. The van der Waals surface area contributed by atoms with Crippen molar-refractivity contribution < 1.29 is 24.8 Å². The third-order valence-electron chi connectivity index (χ3n) is 1.71. The Bertz CT molecular complexity index is 262. The Balaban J connectivity index is 0. The summed E-state index contributed by atoms with van der Waals surface area (Å²) in [6.45, 7) is 2.08. The molecule has 76 valence electrons. The summed E-state index contributed by atoms with van der Waals surface area (Å²) in [5.74, 6) is 0. The van der Waals surface area contributed by atoms with Gasteiger partial charge in [0.2, 0.25) is 0 Å². The van der Waals surface area contributed by atoms with Crippen molar-refractivity contribution in [2.75, 3.05) is 24.7 Å². The highest BCUT2D eigenvalue weighted by Crippen LogP contribution is 2.20. The summed E-state index contributed by atoms with van der Waals surface area (Å²) in [6.07, 6.45) is 0. The van der Waals surface area contributed by atoms with E-state index in [4.69, 9.17) is 5.73 Å². The van der Waals surface area contributed by atoms with Gasteiger partial charge in [0.25, 0.3) is 0 Å². The van der Waals surface area contributed by atoms with Gasteiger partial charge in [-0.25, -0.2) is 0 Å². The Kier molecular flexibility index (Phi) is 6.82. The molecule has 0 radical (unpaired) electrons. The molecule has 0 bridgehead atoms. The van der Waals surface area contributed by atoms with Crippen LogP contribution >= 0.6 is 0 Å². The van der Waals surface area contributed by atoms with Crippen molar-refractivity contribution in [2.24, 2.45) is 0 Å². The Morgan fingerprint density at radius 1 is 1.15 bits per heavy atom. The second-order valence-corrected chi connectivity index (χ2v) is 2.94. The second-order valence-electron chi connectivity index (χ2n) is 2.94. The number of rotatable bonds is 1. The fourth-order valence-electron chi connectivity index (χ4n) is 1.11. The number of halogens is 2. The lowest BCUT2D eigenvalue weighted by Crippen LogP contribution is -3.00. The van der Waals surface area contributed by atoms with Gasteiger partial charge in [-0.05, 0) is 24.6 Å². The van der Waals surface area contributed by atoms with E-state index in [0.717, 1.165) is 5.69 Å². The molecule has 0 aliphatic heterocycles. The van der Waals surface area contributed by atoms with Gasteiger partial charge in [0.15, 0.2) is 0 Å². The largest absolute Gasteiger partial charge is 1.00 e. The molecule has 0 saturated carbocycles. The molecule has 13 heavy (non-hydrogen) atoms. The first kappa shape index (κ1) is 14.9. The van der Waals surface area contributed by atoms with E-state index in [1.807, 2.05) is 32.3 Å². The van der Waals surface area contributed by atoms with Crippen LogP contribution in [0.3, 0.4) is 0 Å². The zero-order valence-corrected chi connectivity index (χ0v) is 9.52. The normalized spacial score (nSPS) is 8.23. The van der Waals surface area contributed by atoms with Crippen molar-refractivity contribution in [3.63, 3.8) is 0 Å². The number of nitrogens with zero attached hydrogens (tertiary/aromatic N) is 1. The van der Waals surface area contributed by atoms with E-state index in [0.29, 0.717) is 0 Å². The molecule has 0 unspecified atom stereocenters. The molecule has 1 aromatic carbocycles. The molecular weight excluding hydrogens is 207 g/mol. The molecule has 0 aliphatic carbocycles. The maximum Gasteiger partial charge on any atom is 0.0411 e. The predicted molar refractivity (Wildman–Crippen MR) is 49.9 cm³/mol. The van der Waals surface area contributed by atoms with Crippen LogP contribution in [0, 0.1) is 6.92 Å². The van der Waals surface area contributed by atoms with Gasteiger partial charge >= 0.3 is 0 Å². The minimum Gasteiger partial charge on any atom is -1.00 e. The summed E-state index contributed by atoms with van der Waals surface area (Å²) in [6, 6.07) is 5.93. The Morgan fingerprint density at radius 2 is 1.69 bits per heavy atom. The van der Waals surface area contributed by atoms with Crippen molar-refractivity contribution in [1.29, 1.82) is 0 Å². The fourth-order valence-corrected chi connectivity index (χ4v) is 1.11. The molecule has 1 rings (SSSR count). The van der Waals surface area contributed by atoms with Gasteiger partial charge in [0.05, 0.1) is 0 Å². The van der Waals surface area contributed by atoms with Gasteiger partial charge < -0.3 is 35.4 Å². The molecule has 0 amide bonds. The topological polar surface area (TPSA) is 29.3 Å². The first-order chi connectivity index (χ1) is 5.11. The van der Waals surface area contributed by atoms with Crippen LogP contribution in [0.25, 0.3) is 0 Å². The second kappa shape index (κ2) is 5.95. The van der Waals surface area contributed by atoms with Crippen molar-refractivity contribution in [1.82, 2.24) is 0 Å². The zero-order chi connectivity index (χ0) is 8.43. The predicted octanol–water partition coefficient (Wildman–Crippen LogP) is -4.35. The Labute approximate surface area is 91.9 Å². The summed E-state index contributed by atoms with van der Waals surface area (Å²) >= 11 is 0. The first-order valence-electron chi connectivity index (χ1n) is 3.64. The lowest BCUT2D eigenvalue weighted by molar-refractivity contribution is -0.001000. The number of anilines is 2. The minimum absolute atomic E-state index is 0. The number of benzene rings is 1. The molecule has 0 aromatic heterocycles. The fraction of sp³-hybridized carbons (Fsp3) is 0.333. The van der Waals surface area contributed by atoms with E-state index in [1.54, 1.807) is 0 Å². The van der Waals surface area contributed by atoms with Gasteiger partial charge in [0, 0.05) is 25.5 Å². The molecule has 0 fully saturated rings. The monoisotopic (exact) mass is 220 g/mol. The summed E-state index contributed by atoms with van der Waals surface area (Å²) in [4.78, 5) is 2.06. The first-order valence-corrected chi connectivity index (χ1v) is 3.64. The standard InChI is InChI=1S/C9H14N2.2ClH/c1-7-4-5-8(10)6-9(7)11(2)3;;/h4-6H,10H2,1-3H3;2*1H/p-2. The molecule has 2 N–H and O–H groups in total. The van der Waals surface area contributed by atoms with Crippen LogP contribution in [0.15, 0.2) is 18.2 Å². The molecule has 0 atom stereocenters. The van der Waals surface area contributed by atoms with Crippen LogP contribution in [0.1, 0.15) is 5.56 Å². The summed E-state index contributed by atoms with van der Waals surface area (Å²) < 4.78 is 0. The average Bonchev–Trinajstić information content (AvgIpc) is 1.94. The molecule has 0 saturated heterocycles. The number of nitrogens with two attached hydrogens (primary N) is 1. The quantitative estimate of drug-likeness (QED) is 0.486. The molecular formula is C9H14Cl2N2-2. The van der Waals surface area contributed by atoms with E-state index in [9.17, 15) is 0 Å². The van der Waals surface area contributed by atoms with Crippen LogP contribution in [0.5, 0.6) is 0 Å². The van der Waals surface area contributed by atoms with Crippen molar-refractivity contribution in [3.8, 4) is 0 Å². The van der Waals surface area contributed by atoms with Crippen molar-refractivity contribution in [3.05, 3.63) is 23.8 Å². The van der Waals surface area contributed by atoms with E-state index in [1.165, 1.54) is 11.3 Å². The molecule has 0 spiro atoms. The van der Waals surface area contributed by atoms with Crippen LogP contribution < -0.4 is 35.4 Å². The van der Waals surface area contributed by atoms with Crippen LogP contribution in [-0.4, -0.2) is 14.1 Å². The van der Waals surface area contributed by atoms with Gasteiger partial charge in [-0.2, -0.15) is 0 Å². The number of aryl methyl sites for hydroxylation is 1. The summed E-state index contributed by atoms with van der Waals surface area (Å²) in [7, 11) is 4.03. The number of hydrogen-bond acceptors (Lipinski definition) is 2. The molecule has 4 heteroatoms.